The van der Waals surface area contributed by atoms with Crippen molar-refractivity contribution in [2.45, 2.75) is 6.61 Å². The minimum Gasteiger partial charge on any atom is -0.488 e. The standard InChI is InChI=1S/C13H12BrN3O3/c14-10-5-1-2-7-12(10)20-8-9-4-3-6-11(17(18)19)13(9)16-15/h1-7,16H,8,15H2. The summed E-state index contributed by atoms with van der Waals surface area (Å²) in [5.74, 6) is 6.02. The molecule has 3 N–H and O–H groups in total. The van der Waals surface area contributed by atoms with Crippen LogP contribution in [0.3, 0.4) is 0 Å². The molecule has 2 aromatic carbocycles. The third-order valence-corrected chi connectivity index (χ3v) is 3.34. The molecule has 0 atom stereocenters. The molecule has 6 nitrogen and oxygen atoms in total. The van der Waals surface area contributed by atoms with Crippen molar-refractivity contribution < 1.29 is 9.66 Å². The number of nitrogen functional groups attached to an aromatic ring is 1. The number of ether oxygens (including phenoxy) is 1. The number of hydrogen-bond donors (Lipinski definition) is 2. The van der Waals surface area contributed by atoms with Gasteiger partial charge in [-0.1, -0.05) is 24.3 Å². The zero-order valence-electron chi connectivity index (χ0n) is 10.4. The van der Waals surface area contributed by atoms with E-state index in [4.69, 9.17) is 10.6 Å². The first-order chi connectivity index (χ1) is 9.63. The van der Waals surface area contributed by atoms with E-state index >= 15 is 0 Å². The normalized spacial score (nSPS) is 10.1. The zero-order valence-corrected chi connectivity index (χ0v) is 12.0. The lowest BCUT2D eigenvalue weighted by atomic mass is 10.1. The summed E-state index contributed by atoms with van der Waals surface area (Å²) in [6, 6.07) is 12.1. The van der Waals surface area contributed by atoms with Gasteiger partial charge >= 0.3 is 0 Å². The lowest BCUT2D eigenvalue weighted by Crippen LogP contribution is -2.12. The van der Waals surface area contributed by atoms with E-state index in [0.29, 0.717) is 11.3 Å². The van der Waals surface area contributed by atoms with Gasteiger partial charge in [-0.3, -0.25) is 16.0 Å². The predicted molar refractivity (Wildman–Crippen MR) is 79.4 cm³/mol. The Hall–Kier alpha value is -2.12. The Labute approximate surface area is 123 Å². The minimum absolute atomic E-state index is 0.0827. The number of nitrogens with two attached hydrogens (primary N) is 1. The fourth-order valence-electron chi connectivity index (χ4n) is 1.74. The first kappa shape index (κ1) is 14.3. The van der Waals surface area contributed by atoms with Gasteiger partial charge in [-0.2, -0.15) is 0 Å². The molecule has 0 aliphatic rings. The summed E-state index contributed by atoms with van der Waals surface area (Å²) in [4.78, 5) is 10.4. The third kappa shape index (κ3) is 3.06. The van der Waals surface area contributed by atoms with Crippen molar-refractivity contribution in [2.24, 2.45) is 5.84 Å². The highest BCUT2D eigenvalue weighted by Crippen LogP contribution is 2.30. The topological polar surface area (TPSA) is 90.4 Å². The van der Waals surface area contributed by atoms with Gasteiger partial charge in [-0.05, 0) is 28.1 Å². The quantitative estimate of drug-likeness (QED) is 0.496. The lowest BCUT2D eigenvalue weighted by Gasteiger charge is -2.11. The molecular formula is C13H12BrN3O3. The molecule has 2 aromatic rings. The van der Waals surface area contributed by atoms with E-state index in [1.54, 1.807) is 18.2 Å². The maximum absolute atomic E-state index is 10.9. The van der Waals surface area contributed by atoms with Crippen LogP contribution in [-0.4, -0.2) is 4.92 Å². The first-order valence-corrected chi connectivity index (χ1v) is 6.53. The van der Waals surface area contributed by atoms with Gasteiger partial charge in [0.15, 0.2) is 0 Å². The Kier molecular flexibility index (Phi) is 4.54. The number of nitrogens with zero attached hydrogens (tertiary/aromatic N) is 1. The Balaban J connectivity index is 2.24. The molecule has 0 aliphatic heterocycles. The Morgan fingerprint density at radius 1 is 1.25 bits per heavy atom. The molecule has 0 amide bonds. The summed E-state index contributed by atoms with van der Waals surface area (Å²) < 4.78 is 6.45. The monoisotopic (exact) mass is 337 g/mol. The molecule has 0 saturated heterocycles. The van der Waals surface area contributed by atoms with Gasteiger partial charge in [-0.25, -0.2) is 0 Å². The number of rotatable bonds is 5. The van der Waals surface area contributed by atoms with E-state index in [1.165, 1.54) is 6.07 Å². The zero-order chi connectivity index (χ0) is 14.5. The number of hydrogen-bond acceptors (Lipinski definition) is 5. The predicted octanol–water partition coefficient (Wildman–Crippen LogP) is 3.22. The number of para-hydroxylation sites is 2. The highest BCUT2D eigenvalue weighted by atomic mass is 79.9. The van der Waals surface area contributed by atoms with Crippen LogP contribution < -0.4 is 16.0 Å². The molecule has 104 valence electrons. The van der Waals surface area contributed by atoms with Crippen molar-refractivity contribution in [3.05, 3.63) is 62.6 Å². The van der Waals surface area contributed by atoms with Gasteiger partial charge in [0, 0.05) is 11.6 Å². The molecular weight excluding hydrogens is 326 g/mol. The van der Waals surface area contributed by atoms with Crippen LogP contribution in [0.1, 0.15) is 5.56 Å². The van der Waals surface area contributed by atoms with E-state index in [1.807, 2.05) is 18.2 Å². The second-order valence-corrected chi connectivity index (χ2v) is 4.79. The largest absolute Gasteiger partial charge is 0.488 e. The summed E-state index contributed by atoms with van der Waals surface area (Å²) in [5.41, 5.74) is 3.14. The van der Waals surface area contributed by atoms with Crippen LogP contribution in [0.25, 0.3) is 0 Å². The average Bonchev–Trinajstić information content (AvgIpc) is 2.45. The van der Waals surface area contributed by atoms with Gasteiger partial charge in [0.2, 0.25) is 0 Å². The molecule has 0 unspecified atom stereocenters. The van der Waals surface area contributed by atoms with Crippen molar-refractivity contribution >= 4 is 27.3 Å². The molecule has 7 heteroatoms. The highest BCUT2D eigenvalue weighted by molar-refractivity contribution is 9.10. The van der Waals surface area contributed by atoms with E-state index in [9.17, 15) is 10.1 Å². The number of nitro groups is 1. The van der Waals surface area contributed by atoms with Crippen LogP contribution in [0.2, 0.25) is 0 Å². The molecule has 0 heterocycles. The molecule has 0 aromatic heterocycles. The number of halogens is 1. The minimum atomic E-state index is -0.489. The number of benzene rings is 2. The summed E-state index contributed by atoms with van der Waals surface area (Å²) >= 11 is 3.37. The molecule has 0 radical (unpaired) electrons. The van der Waals surface area contributed by atoms with Crippen LogP contribution in [0, 0.1) is 10.1 Å². The van der Waals surface area contributed by atoms with Gasteiger partial charge in [-0.15, -0.1) is 0 Å². The van der Waals surface area contributed by atoms with Crippen LogP contribution in [0.4, 0.5) is 11.4 Å². The molecule has 0 saturated carbocycles. The molecule has 0 aliphatic carbocycles. The van der Waals surface area contributed by atoms with Crippen LogP contribution in [0.15, 0.2) is 46.9 Å². The Morgan fingerprint density at radius 2 is 2.00 bits per heavy atom. The summed E-state index contributed by atoms with van der Waals surface area (Å²) in [6.07, 6.45) is 0. The summed E-state index contributed by atoms with van der Waals surface area (Å²) in [7, 11) is 0. The van der Waals surface area contributed by atoms with Crippen molar-refractivity contribution in [3.8, 4) is 5.75 Å². The number of anilines is 1. The molecule has 20 heavy (non-hydrogen) atoms. The van der Waals surface area contributed by atoms with Crippen LogP contribution in [-0.2, 0) is 6.61 Å². The molecule has 0 fully saturated rings. The van der Waals surface area contributed by atoms with Crippen molar-refractivity contribution in [1.29, 1.82) is 0 Å². The smallest absolute Gasteiger partial charge is 0.294 e. The van der Waals surface area contributed by atoms with Crippen molar-refractivity contribution in [1.82, 2.24) is 0 Å². The lowest BCUT2D eigenvalue weighted by molar-refractivity contribution is -0.384. The van der Waals surface area contributed by atoms with E-state index < -0.39 is 4.92 Å². The highest BCUT2D eigenvalue weighted by Gasteiger charge is 2.16. The van der Waals surface area contributed by atoms with E-state index in [2.05, 4.69) is 21.4 Å². The number of nitro benzene ring substituents is 1. The van der Waals surface area contributed by atoms with Crippen LogP contribution >= 0.6 is 15.9 Å². The average molecular weight is 338 g/mol. The third-order valence-electron chi connectivity index (χ3n) is 2.69. The Morgan fingerprint density at radius 3 is 2.65 bits per heavy atom. The second kappa shape index (κ2) is 6.36. The van der Waals surface area contributed by atoms with E-state index in [-0.39, 0.29) is 18.0 Å². The van der Waals surface area contributed by atoms with E-state index in [0.717, 1.165) is 4.47 Å². The summed E-state index contributed by atoms with van der Waals surface area (Å²) in [6.45, 7) is 0.170. The molecule has 0 spiro atoms. The van der Waals surface area contributed by atoms with Crippen LogP contribution in [0.5, 0.6) is 5.75 Å². The second-order valence-electron chi connectivity index (χ2n) is 3.93. The van der Waals surface area contributed by atoms with Gasteiger partial charge in [0.25, 0.3) is 5.69 Å². The van der Waals surface area contributed by atoms with Gasteiger partial charge in [0.05, 0.1) is 9.40 Å². The van der Waals surface area contributed by atoms with Crippen molar-refractivity contribution in [2.75, 3.05) is 5.43 Å². The Bertz CT molecular complexity index is 634. The number of nitrogens with one attached hydrogen (secondary N) is 1. The van der Waals surface area contributed by atoms with Gasteiger partial charge in [0.1, 0.15) is 18.0 Å². The first-order valence-electron chi connectivity index (χ1n) is 5.73. The fourth-order valence-corrected chi connectivity index (χ4v) is 2.14. The molecule has 0 bridgehead atoms. The van der Waals surface area contributed by atoms with Crippen molar-refractivity contribution in [3.63, 3.8) is 0 Å². The summed E-state index contributed by atoms with van der Waals surface area (Å²) in [5, 5.41) is 10.9. The molecule has 2 rings (SSSR count). The maximum Gasteiger partial charge on any atom is 0.294 e. The maximum atomic E-state index is 10.9. The SMILES string of the molecule is NNc1c(COc2ccccc2Br)cccc1[N+](=O)[O-]. The van der Waals surface area contributed by atoms with Gasteiger partial charge < -0.3 is 10.2 Å². The fraction of sp³-hybridized carbons (Fsp3) is 0.0769. The number of hydrazine groups is 1.